The van der Waals surface area contributed by atoms with E-state index < -0.39 is 0 Å². The lowest BCUT2D eigenvalue weighted by Crippen LogP contribution is -2.34. The summed E-state index contributed by atoms with van der Waals surface area (Å²) in [7, 11) is 0. The van der Waals surface area contributed by atoms with Gasteiger partial charge in [-0.05, 0) is 61.9 Å². The van der Waals surface area contributed by atoms with E-state index in [-0.39, 0.29) is 5.78 Å². The molecule has 2 heterocycles. The molecular weight excluding hydrogens is 360 g/mol. The molecule has 0 amide bonds. The maximum absolute atomic E-state index is 11.4. The van der Waals surface area contributed by atoms with Crippen LogP contribution in [0.2, 0.25) is 0 Å². The first kappa shape index (κ1) is 19.1. The molecule has 4 rings (SSSR count). The van der Waals surface area contributed by atoms with Gasteiger partial charge in [-0.15, -0.1) is 0 Å². The highest BCUT2D eigenvalue weighted by molar-refractivity contribution is 5.94. The summed E-state index contributed by atoms with van der Waals surface area (Å²) >= 11 is 0. The van der Waals surface area contributed by atoms with Crippen molar-refractivity contribution in [2.24, 2.45) is 5.92 Å². The van der Waals surface area contributed by atoms with E-state index in [4.69, 9.17) is 0 Å². The molecule has 0 spiro atoms. The van der Waals surface area contributed by atoms with E-state index >= 15 is 0 Å². The number of nitrogens with zero attached hydrogens (tertiary/aromatic N) is 3. The lowest BCUT2D eigenvalue weighted by molar-refractivity contribution is 0.101. The third kappa shape index (κ3) is 4.99. The SMILES string of the molecule is CC(=O)c1ccc(Nc2cc(N3CCC(Cc4ccccc4)CC3)ncn2)cc1. The monoisotopic (exact) mass is 386 g/mol. The number of hydrogen-bond donors (Lipinski definition) is 1. The van der Waals surface area contributed by atoms with Crippen LogP contribution in [0.3, 0.4) is 0 Å². The Morgan fingerprint density at radius 3 is 2.45 bits per heavy atom. The second-order valence-corrected chi connectivity index (χ2v) is 7.64. The first-order valence-corrected chi connectivity index (χ1v) is 10.2. The van der Waals surface area contributed by atoms with Gasteiger partial charge in [0.2, 0.25) is 0 Å². The molecule has 2 aromatic carbocycles. The third-order valence-electron chi connectivity index (χ3n) is 5.52. The van der Waals surface area contributed by atoms with Gasteiger partial charge in [-0.25, -0.2) is 9.97 Å². The smallest absolute Gasteiger partial charge is 0.159 e. The summed E-state index contributed by atoms with van der Waals surface area (Å²) in [5.74, 6) is 2.52. The van der Waals surface area contributed by atoms with E-state index in [1.165, 1.54) is 18.4 Å². The first-order chi connectivity index (χ1) is 14.2. The van der Waals surface area contributed by atoms with Crippen LogP contribution < -0.4 is 10.2 Å². The predicted octanol–water partition coefficient (Wildman–Crippen LogP) is 4.88. The summed E-state index contributed by atoms with van der Waals surface area (Å²) in [5, 5.41) is 3.30. The molecule has 0 radical (unpaired) electrons. The summed E-state index contributed by atoms with van der Waals surface area (Å²) in [5.41, 5.74) is 3.04. The molecule has 1 fully saturated rings. The number of anilines is 3. The van der Waals surface area contributed by atoms with E-state index in [2.05, 4.69) is 50.5 Å². The minimum Gasteiger partial charge on any atom is -0.356 e. The Balaban J connectivity index is 1.36. The second-order valence-electron chi connectivity index (χ2n) is 7.64. The van der Waals surface area contributed by atoms with Gasteiger partial charge in [0.1, 0.15) is 18.0 Å². The van der Waals surface area contributed by atoms with Crippen LogP contribution in [0.15, 0.2) is 67.0 Å². The standard InChI is InChI=1S/C24H26N4O/c1-18(29)21-7-9-22(10-8-21)27-23-16-24(26-17-25-23)28-13-11-20(12-14-28)15-19-5-3-2-4-6-19/h2-10,16-17,20H,11-15H2,1H3,(H,25,26,27). The van der Waals surface area contributed by atoms with Crippen molar-refractivity contribution in [3.05, 3.63) is 78.1 Å². The molecular formula is C24H26N4O. The normalized spacial score (nSPS) is 14.6. The fourth-order valence-electron chi connectivity index (χ4n) is 3.84. The van der Waals surface area contributed by atoms with Crippen molar-refractivity contribution in [1.82, 2.24) is 9.97 Å². The number of benzene rings is 2. The van der Waals surface area contributed by atoms with Crippen LogP contribution in [0.25, 0.3) is 0 Å². The van der Waals surface area contributed by atoms with Crippen molar-refractivity contribution in [3.8, 4) is 0 Å². The molecule has 0 bridgehead atoms. The molecule has 1 N–H and O–H groups in total. The van der Waals surface area contributed by atoms with Gasteiger partial charge in [0, 0.05) is 30.4 Å². The van der Waals surface area contributed by atoms with Gasteiger partial charge in [-0.3, -0.25) is 4.79 Å². The molecule has 0 aliphatic carbocycles. The van der Waals surface area contributed by atoms with E-state index in [0.29, 0.717) is 5.56 Å². The molecule has 1 saturated heterocycles. The maximum Gasteiger partial charge on any atom is 0.159 e. The number of carbonyl (C=O) groups is 1. The Labute approximate surface area is 171 Å². The van der Waals surface area contributed by atoms with Crippen molar-refractivity contribution in [1.29, 1.82) is 0 Å². The highest BCUT2D eigenvalue weighted by atomic mass is 16.1. The molecule has 5 heteroatoms. The minimum atomic E-state index is 0.0662. The Bertz CT molecular complexity index is 948. The fourth-order valence-corrected chi connectivity index (χ4v) is 3.84. The maximum atomic E-state index is 11.4. The lowest BCUT2D eigenvalue weighted by atomic mass is 9.90. The summed E-state index contributed by atoms with van der Waals surface area (Å²) in [6, 6.07) is 20.2. The number of aromatic nitrogens is 2. The zero-order valence-corrected chi connectivity index (χ0v) is 16.7. The largest absolute Gasteiger partial charge is 0.356 e. The molecule has 0 atom stereocenters. The van der Waals surface area contributed by atoms with Crippen molar-refractivity contribution in [2.75, 3.05) is 23.3 Å². The first-order valence-electron chi connectivity index (χ1n) is 10.2. The van der Waals surface area contributed by atoms with Crippen LogP contribution in [0, 0.1) is 5.92 Å². The number of ketones is 1. The zero-order chi connectivity index (χ0) is 20.1. The Morgan fingerprint density at radius 2 is 1.76 bits per heavy atom. The van der Waals surface area contributed by atoms with Crippen molar-refractivity contribution >= 4 is 23.1 Å². The molecule has 1 aliphatic rings. The second kappa shape index (κ2) is 8.86. The molecule has 0 unspecified atom stereocenters. The third-order valence-corrected chi connectivity index (χ3v) is 5.52. The van der Waals surface area contributed by atoms with Gasteiger partial charge in [-0.1, -0.05) is 30.3 Å². The molecule has 0 saturated carbocycles. The van der Waals surface area contributed by atoms with Gasteiger partial charge < -0.3 is 10.2 Å². The van der Waals surface area contributed by atoms with E-state index in [0.717, 1.165) is 42.8 Å². The van der Waals surface area contributed by atoms with E-state index in [1.807, 2.05) is 30.3 Å². The summed E-state index contributed by atoms with van der Waals surface area (Å²) in [4.78, 5) is 22.6. The minimum absolute atomic E-state index is 0.0662. The summed E-state index contributed by atoms with van der Waals surface area (Å²) in [6.45, 7) is 3.60. The van der Waals surface area contributed by atoms with Gasteiger partial charge >= 0.3 is 0 Å². The Hall–Kier alpha value is -3.21. The number of hydrogen-bond acceptors (Lipinski definition) is 5. The molecule has 1 aliphatic heterocycles. The number of carbonyl (C=O) groups excluding carboxylic acids is 1. The zero-order valence-electron chi connectivity index (χ0n) is 16.7. The van der Waals surface area contributed by atoms with Crippen molar-refractivity contribution < 1.29 is 4.79 Å². The highest BCUT2D eigenvalue weighted by Crippen LogP contribution is 2.26. The van der Waals surface area contributed by atoms with Gasteiger partial charge in [0.05, 0.1) is 0 Å². The lowest BCUT2D eigenvalue weighted by Gasteiger charge is -2.33. The van der Waals surface area contributed by atoms with Crippen LogP contribution in [-0.2, 0) is 6.42 Å². The highest BCUT2D eigenvalue weighted by Gasteiger charge is 2.20. The number of rotatable bonds is 6. The molecule has 148 valence electrons. The van der Waals surface area contributed by atoms with Crippen LogP contribution in [0.4, 0.5) is 17.3 Å². The van der Waals surface area contributed by atoms with E-state index in [1.54, 1.807) is 13.3 Å². The van der Waals surface area contributed by atoms with Crippen LogP contribution in [-0.4, -0.2) is 28.8 Å². The van der Waals surface area contributed by atoms with Gasteiger partial charge in [0.15, 0.2) is 5.78 Å². The molecule has 5 nitrogen and oxygen atoms in total. The van der Waals surface area contributed by atoms with Crippen molar-refractivity contribution in [3.63, 3.8) is 0 Å². The number of Topliss-reactive ketones (excluding diaryl/α,β-unsaturated/α-hetero) is 1. The molecule has 3 aromatic rings. The summed E-state index contributed by atoms with van der Waals surface area (Å²) < 4.78 is 0. The predicted molar refractivity (Wildman–Crippen MR) is 117 cm³/mol. The number of piperidine rings is 1. The average molecular weight is 386 g/mol. The fraction of sp³-hybridized carbons (Fsp3) is 0.292. The average Bonchev–Trinajstić information content (AvgIpc) is 2.76. The Morgan fingerprint density at radius 1 is 1.03 bits per heavy atom. The van der Waals surface area contributed by atoms with Crippen molar-refractivity contribution in [2.45, 2.75) is 26.2 Å². The number of nitrogens with one attached hydrogen (secondary N) is 1. The van der Waals surface area contributed by atoms with E-state index in [9.17, 15) is 4.79 Å². The molecule has 29 heavy (non-hydrogen) atoms. The summed E-state index contributed by atoms with van der Waals surface area (Å²) in [6.07, 6.45) is 5.11. The topological polar surface area (TPSA) is 58.1 Å². The van der Waals surface area contributed by atoms with Crippen LogP contribution in [0.5, 0.6) is 0 Å². The quantitative estimate of drug-likeness (QED) is 0.612. The van der Waals surface area contributed by atoms with Gasteiger partial charge in [-0.2, -0.15) is 0 Å². The molecule has 1 aromatic heterocycles. The van der Waals surface area contributed by atoms with Gasteiger partial charge in [0.25, 0.3) is 0 Å². The van der Waals surface area contributed by atoms with Crippen LogP contribution in [0.1, 0.15) is 35.7 Å². The van der Waals surface area contributed by atoms with Crippen LogP contribution >= 0.6 is 0 Å². The Kier molecular flexibility index (Phi) is 5.84.